The maximum Gasteiger partial charge on any atom is 0.417 e. The Hall–Kier alpha value is -2.11. The van der Waals surface area contributed by atoms with Crippen LogP contribution in [0.25, 0.3) is 10.9 Å². The van der Waals surface area contributed by atoms with Gasteiger partial charge in [0.15, 0.2) is 0 Å². The molecule has 2 aromatic rings. The molecule has 0 aliphatic heterocycles. The largest absolute Gasteiger partial charge is 0.417 e. The quantitative estimate of drug-likeness (QED) is 0.912. The van der Waals surface area contributed by atoms with Gasteiger partial charge in [-0.25, -0.2) is 0 Å². The average molecular weight is 334 g/mol. The Morgan fingerprint density at radius 3 is 2.33 bits per heavy atom. The van der Waals surface area contributed by atoms with Crippen LogP contribution >= 0.6 is 0 Å². The third-order valence-electron chi connectivity index (χ3n) is 4.86. The molecule has 0 radical (unpaired) electrons. The number of pyridine rings is 1. The van der Waals surface area contributed by atoms with Gasteiger partial charge < -0.3 is 5.32 Å². The van der Waals surface area contributed by atoms with Crippen molar-refractivity contribution in [1.29, 1.82) is 0 Å². The lowest BCUT2D eigenvalue weighted by atomic mass is 10.0. The smallest absolute Gasteiger partial charge is 0.349 e. The number of nitrogens with one attached hydrogen (secondary N) is 1. The lowest BCUT2D eigenvalue weighted by Gasteiger charge is -2.20. The predicted octanol–water partition coefficient (Wildman–Crippen LogP) is 4.17. The van der Waals surface area contributed by atoms with E-state index in [4.69, 9.17) is 0 Å². The molecule has 24 heavy (non-hydrogen) atoms. The van der Waals surface area contributed by atoms with Gasteiger partial charge in [0.25, 0.3) is 5.91 Å². The van der Waals surface area contributed by atoms with Crippen molar-refractivity contribution in [3.63, 3.8) is 0 Å². The highest BCUT2D eigenvalue weighted by atomic mass is 19.4. The first-order valence-electron chi connectivity index (χ1n) is 8.21. The van der Waals surface area contributed by atoms with E-state index in [0.717, 1.165) is 31.9 Å². The highest BCUT2D eigenvalue weighted by Gasteiger charge is 2.43. The van der Waals surface area contributed by atoms with Gasteiger partial charge in [0.1, 0.15) is 0 Å². The van der Waals surface area contributed by atoms with E-state index in [2.05, 4.69) is 10.3 Å². The van der Waals surface area contributed by atoms with Crippen LogP contribution in [0.5, 0.6) is 0 Å². The molecule has 0 saturated heterocycles. The summed E-state index contributed by atoms with van der Waals surface area (Å²) in [6.45, 7) is 0. The minimum Gasteiger partial charge on any atom is -0.349 e. The third-order valence-corrected chi connectivity index (χ3v) is 4.86. The van der Waals surface area contributed by atoms with Crippen molar-refractivity contribution in [2.45, 2.75) is 37.9 Å². The molecule has 2 saturated carbocycles. The Morgan fingerprint density at radius 2 is 1.75 bits per heavy atom. The van der Waals surface area contributed by atoms with Gasteiger partial charge in [-0.05, 0) is 43.6 Å². The van der Waals surface area contributed by atoms with Crippen LogP contribution in [-0.4, -0.2) is 16.9 Å². The number of alkyl halides is 3. The number of benzene rings is 1. The number of amides is 1. The van der Waals surface area contributed by atoms with Crippen LogP contribution in [0.1, 0.15) is 41.6 Å². The Bertz CT molecular complexity index is 782. The molecule has 2 aliphatic rings. The van der Waals surface area contributed by atoms with Gasteiger partial charge in [-0.1, -0.05) is 18.2 Å². The summed E-state index contributed by atoms with van der Waals surface area (Å²) in [4.78, 5) is 16.6. The van der Waals surface area contributed by atoms with Gasteiger partial charge in [0, 0.05) is 17.6 Å². The molecule has 2 fully saturated rings. The second kappa shape index (κ2) is 5.46. The first-order valence-corrected chi connectivity index (χ1v) is 8.21. The van der Waals surface area contributed by atoms with Crippen LogP contribution in [0.4, 0.5) is 13.2 Å². The first-order chi connectivity index (χ1) is 11.4. The Morgan fingerprint density at radius 1 is 1.12 bits per heavy atom. The zero-order valence-electron chi connectivity index (χ0n) is 12.9. The fourth-order valence-corrected chi connectivity index (χ4v) is 3.38. The minimum atomic E-state index is -4.61. The van der Waals surface area contributed by atoms with Crippen LogP contribution < -0.4 is 5.32 Å². The molecule has 1 amide bonds. The van der Waals surface area contributed by atoms with Gasteiger partial charge in [0.05, 0.1) is 16.6 Å². The van der Waals surface area contributed by atoms with Crippen molar-refractivity contribution in [1.82, 2.24) is 10.3 Å². The van der Waals surface area contributed by atoms with Crippen LogP contribution in [-0.2, 0) is 6.18 Å². The number of halogens is 3. The van der Waals surface area contributed by atoms with Crippen LogP contribution in [0.15, 0.2) is 30.5 Å². The van der Waals surface area contributed by atoms with E-state index in [1.165, 1.54) is 18.2 Å². The summed E-state index contributed by atoms with van der Waals surface area (Å²) in [7, 11) is 0. The summed E-state index contributed by atoms with van der Waals surface area (Å²) in [5, 5.41) is 2.82. The molecule has 6 heteroatoms. The van der Waals surface area contributed by atoms with Crippen molar-refractivity contribution in [2.24, 2.45) is 11.8 Å². The normalized spacial score (nSPS) is 18.2. The molecule has 0 spiro atoms. The molecule has 3 nitrogen and oxygen atoms in total. The lowest BCUT2D eigenvalue weighted by Crippen LogP contribution is -2.39. The van der Waals surface area contributed by atoms with E-state index in [-0.39, 0.29) is 22.5 Å². The maximum atomic E-state index is 13.6. The fraction of sp³-hybridized carbons (Fsp3) is 0.444. The van der Waals surface area contributed by atoms with E-state index >= 15 is 0 Å². The zero-order chi connectivity index (χ0) is 16.9. The third kappa shape index (κ3) is 2.85. The van der Waals surface area contributed by atoms with E-state index in [0.29, 0.717) is 11.8 Å². The molecular formula is C18H17F3N2O. The van der Waals surface area contributed by atoms with E-state index < -0.39 is 17.6 Å². The van der Waals surface area contributed by atoms with Gasteiger partial charge >= 0.3 is 6.18 Å². The molecule has 0 unspecified atom stereocenters. The predicted molar refractivity (Wildman–Crippen MR) is 83.4 cm³/mol. The van der Waals surface area contributed by atoms with Crippen molar-refractivity contribution in [3.05, 3.63) is 41.6 Å². The Kier molecular flexibility index (Phi) is 3.51. The topological polar surface area (TPSA) is 42.0 Å². The monoisotopic (exact) mass is 334 g/mol. The number of rotatable bonds is 4. The van der Waals surface area contributed by atoms with Crippen LogP contribution in [0.3, 0.4) is 0 Å². The van der Waals surface area contributed by atoms with Crippen molar-refractivity contribution >= 4 is 16.8 Å². The Labute approximate surface area is 137 Å². The molecule has 1 aromatic carbocycles. The molecular weight excluding hydrogens is 317 g/mol. The number of hydrogen-bond donors (Lipinski definition) is 1. The highest BCUT2D eigenvalue weighted by molar-refractivity contribution is 6.00. The minimum absolute atomic E-state index is 0.00468. The standard InChI is InChI=1S/C18H17F3N2O/c19-18(20,21)15-12-3-1-2-4-14(12)22-9-13(15)17(24)23-16(10-5-6-10)11-7-8-11/h1-4,9-11,16H,5-8H2,(H,23,24). The van der Waals surface area contributed by atoms with Gasteiger partial charge in [0.2, 0.25) is 0 Å². The van der Waals surface area contributed by atoms with E-state index in [9.17, 15) is 18.0 Å². The number of aromatic nitrogens is 1. The highest BCUT2D eigenvalue weighted by Crippen LogP contribution is 2.45. The number of para-hydroxylation sites is 1. The van der Waals surface area contributed by atoms with Crippen LogP contribution in [0.2, 0.25) is 0 Å². The maximum absolute atomic E-state index is 13.6. The van der Waals surface area contributed by atoms with Crippen molar-refractivity contribution in [3.8, 4) is 0 Å². The summed E-state index contributed by atoms with van der Waals surface area (Å²) in [5.74, 6) is 0.179. The van der Waals surface area contributed by atoms with E-state index in [1.807, 2.05) is 0 Å². The molecule has 1 N–H and O–H groups in total. The van der Waals surface area contributed by atoms with E-state index in [1.54, 1.807) is 6.07 Å². The summed E-state index contributed by atoms with van der Waals surface area (Å²) >= 11 is 0. The molecule has 1 aromatic heterocycles. The fourth-order valence-electron chi connectivity index (χ4n) is 3.38. The zero-order valence-corrected chi connectivity index (χ0v) is 12.9. The second-order valence-corrected chi connectivity index (χ2v) is 6.74. The number of hydrogen-bond acceptors (Lipinski definition) is 2. The molecule has 1 heterocycles. The summed E-state index contributed by atoms with van der Waals surface area (Å²) in [5.41, 5.74) is -1.04. The second-order valence-electron chi connectivity index (χ2n) is 6.74. The number of carbonyl (C=O) groups is 1. The summed E-state index contributed by atoms with van der Waals surface area (Å²) in [6.07, 6.45) is 0.626. The van der Waals surface area contributed by atoms with Crippen molar-refractivity contribution < 1.29 is 18.0 Å². The first kappa shape index (κ1) is 15.4. The molecule has 4 rings (SSSR count). The van der Waals surface area contributed by atoms with Gasteiger partial charge in [-0.15, -0.1) is 0 Å². The molecule has 126 valence electrons. The SMILES string of the molecule is O=C(NC(C1CC1)C1CC1)c1cnc2ccccc2c1C(F)(F)F. The number of fused-ring (bicyclic) bond motifs is 1. The van der Waals surface area contributed by atoms with Crippen molar-refractivity contribution in [2.75, 3.05) is 0 Å². The molecule has 0 atom stereocenters. The van der Waals surface area contributed by atoms with Crippen LogP contribution in [0, 0.1) is 11.8 Å². The van der Waals surface area contributed by atoms with Gasteiger partial charge in [-0.2, -0.15) is 13.2 Å². The average Bonchev–Trinajstić information content (AvgIpc) is 3.43. The molecule has 2 aliphatic carbocycles. The van der Waals surface area contributed by atoms with Gasteiger partial charge in [-0.3, -0.25) is 9.78 Å². The Balaban J connectivity index is 1.73. The number of carbonyl (C=O) groups excluding carboxylic acids is 1. The summed E-state index contributed by atoms with van der Waals surface area (Å²) < 4.78 is 40.8. The lowest BCUT2D eigenvalue weighted by molar-refractivity contribution is -0.136. The number of nitrogens with zero attached hydrogens (tertiary/aromatic N) is 1. The summed E-state index contributed by atoms with van der Waals surface area (Å²) in [6, 6.07) is 6.04. The molecule has 0 bridgehead atoms.